The van der Waals surface area contributed by atoms with Crippen LogP contribution in [0.25, 0.3) is 0 Å². The van der Waals surface area contributed by atoms with Crippen molar-refractivity contribution in [3.05, 3.63) is 99.0 Å². The molecule has 4 N–H and O–H groups in total. The number of hydrogen-bond donors (Lipinski definition) is 3. The van der Waals surface area contributed by atoms with Gasteiger partial charge < -0.3 is 15.0 Å². The molecule has 3 amide bonds. The van der Waals surface area contributed by atoms with Crippen molar-refractivity contribution in [2.24, 2.45) is 11.1 Å². The number of H-pyrrole nitrogens is 1. The number of fused-ring (bicyclic) bond motifs is 2. The van der Waals surface area contributed by atoms with Gasteiger partial charge in [0.15, 0.2) is 6.61 Å². The summed E-state index contributed by atoms with van der Waals surface area (Å²) in [6, 6.07) is 20.9. The van der Waals surface area contributed by atoms with Crippen molar-refractivity contribution in [1.29, 1.82) is 0 Å². The number of nitrogens with one attached hydrogen (secondary N) is 2. The van der Waals surface area contributed by atoms with Crippen LogP contribution in [0.1, 0.15) is 16.4 Å². The fourth-order valence-electron chi connectivity index (χ4n) is 5.12. The lowest BCUT2D eigenvalue weighted by Gasteiger charge is -2.30. The molecule has 2 aliphatic heterocycles. The number of nitrogens with two attached hydrogens (primary N) is 1. The third kappa shape index (κ3) is 5.13. The number of amides is 3. The summed E-state index contributed by atoms with van der Waals surface area (Å²) in [5.74, 6) is -2.42. The van der Waals surface area contributed by atoms with E-state index < -0.39 is 39.6 Å². The second-order valence-electron chi connectivity index (χ2n) is 9.54. The minimum atomic E-state index is -3.87. The maximum absolute atomic E-state index is 13.9. The third-order valence-electron chi connectivity index (χ3n) is 6.92. The van der Waals surface area contributed by atoms with Crippen LogP contribution in [0.3, 0.4) is 0 Å². The number of primary sulfonamides is 1. The van der Waals surface area contributed by atoms with E-state index in [4.69, 9.17) is 9.88 Å². The topological polar surface area (TPSA) is 169 Å². The molecule has 3 atom stereocenters. The van der Waals surface area contributed by atoms with Crippen molar-refractivity contribution < 1.29 is 27.5 Å². The number of ether oxygens (including phenoxy) is 1. The highest BCUT2D eigenvalue weighted by Gasteiger charge is 2.56. The van der Waals surface area contributed by atoms with Gasteiger partial charge in [-0.1, -0.05) is 59.5 Å². The van der Waals surface area contributed by atoms with Crippen LogP contribution in [0.2, 0.25) is 0 Å². The minimum absolute atomic E-state index is 0.0909. The van der Waals surface area contributed by atoms with E-state index in [0.717, 1.165) is 11.3 Å². The SMILES string of the molecule is NS(=O)(=O)c1ccc(NC(=O)COc2ccccc2[C@@H]2c3sc(=O)[nH]c3S[C@H]3C(=O)N(c4ccccc4)C(=O)[C@@H]23)cc1. The largest absolute Gasteiger partial charge is 0.483 e. The lowest BCUT2D eigenvalue weighted by Crippen LogP contribution is -2.32. The van der Waals surface area contributed by atoms with E-state index in [2.05, 4.69) is 10.3 Å². The van der Waals surface area contributed by atoms with Gasteiger partial charge in [0.2, 0.25) is 21.8 Å². The van der Waals surface area contributed by atoms with Crippen LogP contribution >= 0.6 is 23.1 Å². The molecule has 0 aliphatic carbocycles. The van der Waals surface area contributed by atoms with Crippen LogP contribution < -0.4 is 25.0 Å². The van der Waals surface area contributed by atoms with Gasteiger partial charge in [0.05, 0.1) is 21.5 Å². The first-order valence-electron chi connectivity index (χ1n) is 12.6. The van der Waals surface area contributed by atoms with Crippen LogP contribution in [0.15, 0.2) is 93.6 Å². The number of carbonyl (C=O) groups is 3. The minimum Gasteiger partial charge on any atom is -0.483 e. The molecule has 4 aromatic rings. The standard InChI is InChI=1S/C28H22N4O7S3/c29-42(37,38)17-12-10-15(11-13-17)30-20(33)14-39-19-9-5-4-8-18(19)21-22-24(40-25-23(21)41-28(36)31-25)27(35)32(26(22)34)16-6-2-1-3-7-16/h1-13,21-22,24H,14H2,(H,30,33)(H,31,36)(H2,29,37,38)/t21-,22-,24+/m0/s1. The van der Waals surface area contributed by atoms with E-state index in [1.165, 1.54) is 40.9 Å². The number of para-hydroxylation sites is 2. The Labute approximate surface area is 247 Å². The van der Waals surface area contributed by atoms with Gasteiger partial charge in [0.25, 0.3) is 5.91 Å². The number of anilines is 2. The molecular weight excluding hydrogens is 601 g/mol. The van der Waals surface area contributed by atoms with Gasteiger partial charge in [-0.15, -0.1) is 0 Å². The van der Waals surface area contributed by atoms with Crippen molar-refractivity contribution in [3.63, 3.8) is 0 Å². The van der Waals surface area contributed by atoms with Crippen molar-refractivity contribution in [2.45, 2.75) is 21.1 Å². The van der Waals surface area contributed by atoms with E-state index >= 15 is 0 Å². The molecular formula is C28H22N4O7S3. The summed E-state index contributed by atoms with van der Waals surface area (Å²) in [6.45, 7) is -0.400. The molecule has 0 spiro atoms. The molecule has 1 aromatic heterocycles. The highest BCUT2D eigenvalue weighted by Crippen LogP contribution is 2.54. The fourth-order valence-corrected chi connectivity index (χ4v) is 8.14. The number of thioether (sulfide) groups is 1. The lowest BCUT2D eigenvalue weighted by molar-refractivity contribution is -0.122. The highest BCUT2D eigenvalue weighted by molar-refractivity contribution is 8.00. The number of rotatable bonds is 7. The summed E-state index contributed by atoms with van der Waals surface area (Å²) < 4.78 is 28.9. The van der Waals surface area contributed by atoms with Crippen molar-refractivity contribution in [2.75, 3.05) is 16.8 Å². The number of benzene rings is 3. The number of aromatic amines is 1. The molecule has 1 saturated heterocycles. The molecule has 214 valence electrons. The summed E-state index contributed by atoms with van der Waals surface area (Å²) >= 11 is 2.16. The predicted octanol–water partition coefficient (Wildman–Crippen LogP) is 2.90. The quantitative estimate of drug-likeness (QED) is 0.264. The van der Waals surface area contributed by atoms with Gasteiger partial charge >= 0.3 is 4.87 Å². The first kappa shape index (κ1) is 27.9. The van der Waals surface area contributed by atoms with Crippen LogP contribution in [0, 0.1) is 5.92 Å². The molecule has 0 radical (unpaired) electrons. The monoisotopic (exact) mass is 622 g/mol. The molecule has 2 aliphatic rings. The van der Waals surface area contributed by atoms with Crippen LogP contribution in [0.4, 0.5) is 11.4 Å². The third-order valence-corrected chi connectivity index (χ3v) is 10.2. The van der Waals surface area contributed by atoms with Crippen molar-refractivity contribution in [1.82, 2.24) is 4.98 Å². The number of nitrogens with zero attached hydrogens (tertiary/aromatic N) is 1. The van der Waals surface area contributed by atoms with Crippen LogP contribution in [-0.4, -0.2) is 43.0 Å². The van der Waals surface area contributed by atoms with Gasteiger partial charge in [-0.05, 0) is 42.5 Å². The van der Waals surface area contributed by atoms with E-state index in [1.54, 1.807) is 54.6 Å². The molecule has 11 nitrogen and oxygen atoms in total. The maximum atomic E-state index is 13.9. The number of imide groups is 1. The molecule has 6 rings (SSSR count). The number of carbonyl (C=O) groups excluding carboxylic acids is 3. The summed E-state index contributed by atoms with van der Waals surface area (Å²) in [5, 5.41) is 7.51. The summed E-state index contributed by atoms with van der Waals surface area (Å²) in [6.07, 6.45) is 0. The predicted molar refractivity (Wildman–Crippen MR) is 157 cm³/mol. The van der Waals surface area contributed by atoms with Crippen LogP contribution in [0.5, 0.6) is 5.75 Å². The van der Waals surface area contributed by atoms with Crippen molar-refractivity contribution >= 4 is 62.2 Å². The number of hydrogen-bond acceptors (Lipinski definition) is 9. The Balaban J connectivity index is 1.29. The highest BCUT2D eigenvalue weighted by atomic mass is 32.2. The summed E-state index contributed by atoms with van der Waals surface area (Å²) in [4.78, 5) is 56.8. The second-order valence-corrected chi connectivity index (χ2v) is 13.3. The normalized spacial score (nSPS) is 19.7. The molecule has 3 aromatic carbocycles. The van der Waals surface area contributed by atoms with Gasteiger partial charge in [-0.2, -0.15) is 0 Å². The first-order chi connectivity index (χ1) is 20.1. The van der Waals surface area contributed by atoms with E-state index in [1.807, 2.05) is 0 Å². The Morgan fingerprint density at radius 1 is 0.952 bits per heavy atom. The smallest absolute Gasteiger partial charge is 0.305 e. The zero-order chi connectivity index (χ0) is 29.6. The first-order valence-corrected chi connectivity index (χ1v) is 15.8. The number of thiazole rings is 1. The lowest BCUT2D eigenvalue weighted by atomic mass is 9.82. The van der Waals surface area contributed by atoms with E-state index in [9.17, 15) is 27.6 Å². The molecule has 1 fully saturated rings. The molecule has 0 unspecified atom stereocenters. The van der Waals surface area contributed by atoms with Crippen molar-refractivity contribution in [3.8, 4) is 5.75 Å². The zero-order valence-electron chi connectivity index (χ0n) is 21.6. The Bertz CT molecular complexity index is 1870. The average Bonchev–Trinajstić information content (AvgIpc) is 3.46. The summed E-state index contributed by atoms with van der Waals surface area (Å²) in [7, 11) is -3.87. The van der Waals surface area contributed by atoms with Gasteiger partial charge in [0.1, 0.15) is 11.0 Å². The Kier molecular flexibility index (Phi) is 7.22. The molecule has 0 bridgehead atoms. The molecule has 42 heavy (non-hydrogen) atoms. The maximum Gasteiger partial charge on any atom is 0.305 e. The second kappa shape index (κ2) is 10.9. The molecule has 0 saturated carbocycles. The Hall–Kier alpha value is -4.24. The zero-order valence-corrected chi connectivity index (χ0v) is 24.0. The van der Waals surface area contributed by atoms with E-state index in [-0.39, 0.29) is 21.6 Å². The van der Waals surface area contributed by atoms with Gasteiger partial charge in [-0.3, -0.25) is 19.2 Å². The molecule has 3 heterocycles. The van der Waals surface area contributed by atoms with Gasteiger partial charge in [0, 0.05) is 22.0 Å². The fraction of sp³-hybridized carbons (Fsp3) is 0.143. The van der Waals surface area contributed by atoms with E-state index in [0.29, 0.717) is 32.6 Å². The Morgan fingerprint density at radius 2 is 1.64 bits per heavy atom. The van der Waals surface area contributed by atoms with Crippen LogP contribution in [-0.2, 0) is 24.4 Å². The van der Waals surface area contributed by atoms with Gasteiger partial charge in [-0.25, -0.2) is 18.5 Å². The molecule has 14 heteroatoms. The number of aromatic nitrogens is 1. The average molecular weight is 623 g/mol. The number of sulfonamides is 1. The Morgan fingerprint density at radius 3 is 2.36 bits per heavy atom. The summed E-state index contributed by atoms with van der Waals surface area (Å²) in [5.41, 5.74) is 1.37.